The van der Waals surface area contributed by atoms with Crippen LogP contribution < -0.4 is 11.1 Å². The summed E-state index contributed by atoms with van der Waals surface area (Å²) in [6, 6.07) is 9.63. The van der Waals surface area contributed by atoms with Crippen molar-refractivity contribution >= 4 is 22.4 Å². The highest BCUT2D eigenvalue weighted by molar-refractivity contribution is 5.90. The number of hydrogen-bond acceptors (Lipinski definition) is 3. The van der Waals surface area contributed by atoms with Crippen molar-refractivity contribution in [2.24, 2.45) is 0 Å². The Hall–Kier alpha value is -1.77. The molecule has 0 saturated heterocycles. The molecule has 0 saturated carbocycles. The van der Waals surface area contributed by atoms with Gasteiger partial charge >= 0.3 is 0 Å². The van der Waals surface area contributed by atoms with Gasteiger partial charge in [-0.1, -0.05) is 6.07 Å². The molecule has 3 nitrogen and oxygen atoms in total. The zero-order valence-corrected chi connectivity index (χ0v) is 7.41. The van der Waals surface area contributed by atoms with Crippen molar-refractivity contribution in [2.45, 2.75) is 0 Å². The van der Waals surface area contributed by atoms with Gasteiger partial charge in [0.2, 0.25) is 0 Å². The fourth-order valence-electron chi connectivity index (χ4n) is 1.32. The normalized spacial score (nSPS) is 10.2. The van der Waals surface area contributed by atoms with Crippen LogP contribution >= 0.6 is 0 Å². The number of rotatable bonds is 1. The van der Waals surface area contributed by atoms with E-state index in [2.05, 4.69) is 10.3 Å². The maximum Gasteiger partial charge on any atom is 0.126 e. The number of anilines is 2. The average molecular weight is 173 g/mol. The molecule has 1 aromatic carbocycles. The van der Waals surface area contributed by atoms with Gasteiger partial charge in [0.15, 0.2) is 0 Å². The molecule has 0 spiro atoms. The lowest BCUT2D eigenvalue weighted by atomic mass is 10.2. The molecule has 1 aromatic heterocycles. The highest BCUT2D eigenvalue weighted by atomic mass is 15.0. The summed E-state index contributed by atoms with van der Waals surface area (Å²) in [6.07, 6.45) is 0. The molecular formula is C10H11N3. The summed E-state index contributed by atoms with van der Waals surface area (Å²) in [5, 5.41) is 3.99. The number of benzene rings is 1. The monoisotopic (exact) mass is 173 g/mol. The van der Waals surface area contributed by atoms with Gasteiger partial charge in [-0.05, 0) is 24.3 Å². The van der Waals surface area contributed by atoms with Gasteiger partial charge in [-0.15, -0.1) is 0 Å². The summed E-state index contributed by atoms with van der Waals surface area (Å²) >= 11 is 0. The van der Waals surface area contributed by atoms with Crippen LogP contribution in [0.2, 0.25) is 0 Å². The van der Waals surface area contributed by atoms with Gasteiger partial charge in [-0.3, -0.25) is 0 Å². The number of aromatic nitrogens is 1. The first kappa shape index (κ1) is 7.86. The molecule has 13 heavy (non-hydrogen) atoms. The second-order valence-corrected chi connectivity index (χ2v) is 2.86. The van der Waals surface area contributed by atoms with E-state index in [0.717, 1.165) is 22.4 Å². The summed E-state index contributed by atoms with van der Waals surface area (Å²) < 4.78 is 0. The van der Waals surface area contributed by atoms with Crippen LogP contribution in [-0.4, -0.2) is 12.0 Å². The first-order valence-electron chi connectivity index (χ1n) is 4.14. The number of nitrogen functional groups attached to an aromatic ring is 1. The van der Waals surface area contributed by atoms with E-state index >= 15 is 0 Å². The Kier molecular flexibility index (Phi) is 1.77. The van der Waals surface area contributed by atoms with Gasteiger partial charge in [0.1, 0.15) is 5.82 Å². The second kappa shape index (κ2) is 2.94. The van der Waals surface area contributed by atoms with Crippen molar-refractivity contribution in [1.82, 2.24) is 4.98 Å². The van der Waals surface area contributed by atoms with Crippen LogP contribution in [0.5, 0.6) is 0 Å². The summed E-state index contributed by atoms with van der Waals surface area (Å²) in [7, 11) is 1.85. The standard InChI is InChI=1S/C10H11N3/c1-12-10-6-5-7-8(11)3-2-4-9(7)13-10/h2-6H,11H2,1H3,(H,12,13). The fourth-order valence-corrected chi connectivity index (χ4v) is 1.32. The zero-order chi connectivity index (χ0) is 9.26. The fraction of sp³-hybridized carbons (Fsp3) is 0.100. The van der Waals surface area contributed by atoms with E-state index in [4.69, 9.17) is 5.73 Å². The Bertz CT molecular complexity index is 437. The summed E-state index contributed by atoms with van der Waals surface area (Å²) in [6.45, 7) is 0. The van der Waals surface area contributed by atoms with Gasteiger partial charge in [0.05, 0.1) is 5.52 Å². The molecule has 2 aromatic rings. The van der Waals surface area contributed by atoms with Gasteiger partial charge < -0.3 is 11.1 Å². The number of nitrogens with zero attached hydrogens (tertiary/aromatic N) is 1. The van der Waals surface area contributed by atoms with Crippen LogP contribution in [0.15, 0.2) is 30.3 Å². The predicted octanol–water partition coefficient (Wildman–Crippen LogP) is 1.86. The molecule has 1 heterocycles. The van der Waals surface area contributed by atoms with E-state index in [1.165, 1.54) is 0 Å². The molecule has 0 radical (unpaired) electrons. The lowest BCUT2D eigenvalue weighted by Gasteiger charge is -2.03. The van der Waals surface area contributed by atoms with Crippen LogP contribution in [0.4, 0.5) is 11.5 Å². The predicted molar refractivity (Wildman–Crippen MR) is 55.7 cm³/mol. The molecule has 0 aliphatic carbocycles. The molecule has 2 rings (SSSR count). The maximum atomic E-state index is 5.79. The first-order chi connectivity index (χ1) is 6.31. The Labute approximate surface area is 76.6 Å². The van der Waals surface area contributed by atoms with E-state index < -0.39 is 0 Å². The van der Waals surface area contributed by atoms with Gasteiger partial charge in [0.25, 0.3) is 0 Å². The maximum absolute atomic E-state index is 5.79. The molecule has 66 valence electrons. The van der Waals surface area contributed by atoms with Gasteiger partial charge in [-0.25, -0.2) is 4.98 Å². The quantitative estimate of drug-likeness (QED) is 0.647. The van der Waals surface area contributed by atoms with Crippen molar-refractivity contribution < 1.29 is 0 Å². The molecule has 0 aliphatic rings. The van der Waals surface area contributed by atoms with E-state index in [1.54, 1.807) is 0 Å². The lowest BCUT2D eigenvalue weighted by Crippen LogP contribution is -1.93. The van der Waals surface area contributed by atoms with Gasteiger partial charge in [0, 0.05) is 18.1 Å². The van der Waals surface area contributed by atoms with E-state index in [1.807, 2.05) is 37.4 Å². The average Bonchev–Trinajstić information content (AvgIpc) is 2.18. The lowest BCUT2D eigenvalue weighted by molar-refractivity contribution is 1.34. The van der Waals surface area contributed by atoms with Crippen LogP contribution in [0.3, 0.4) is 0 Å². The third kappa shape index (κ3) is 1.28. The number of nitrogens with one attached hydrogen (secondary N) is 1. The summed E-state index contributed by atoms with van der Waals surface area (Å²) in [5.74, 6) is 0.859. The Morgan fingerprint density at radius 1 is 1.23 bits per heavy atom. The molecule has 0 fully saturated rings. The number of nitrogens with two attached hydrogens (primary N) is 1. The Morgan fingerprint density at radius 2 is 2.08 bits per heavy atom. The third-order valence-electron chi connectivity index (χ3n) is 2.02. The minimum atomic E-state index is 0.771. The first-order valence-corrected chi connectivity index (χ1v) is 4.14. The molecule has 3 heteroatoms. The molecule has 0 unspecified atom stereocenters. The van der Waals surface area contributed by atoms with Crippen molar-refractivity contribution in [3.05, 3.63) is 30.3 Å². The molecule has 0 bridgehead atoms. The second-order valence-electron chi connectivity index (χ2n) is 2.86. The van der Waals surface area contributed by atoms with Crippen LogP contribution in [0.1, 0.15) is 0 Å². The summed E-state index contributed by atoms with van der Waals surface area (Å²) in [5.41, 5.74) is 7.48. The Morgan fingerprint density at radius 3 is 2.85 bits per heavy atom. The summed E-state index contributed by atoms with van der Waals surface area (Å²) in [4.78, 5) is 4.36. The zero-order valence-electron chi connectivity index (χ0n) is 7.41. The molecule has 0 amide bonds. The number of fused-ring (bicyclic) bond motifs is 1. The molecule has 0 aliphatic heterocycles. The van der Waals surface area contributed by atoms with Crippen molar-refractivity contribution in [3.8, 4) is 0 Å². The third-order valence-corrected chi connectivity index (χ3v) is 2.02. The van der Waals surface area contributed by atoms with Crippen LogP contribution in [-0.2, 0) is 0 Å². The van der Waals surface area contributed by atoms with E-state index in [0.29, 0.717) is 0 Å². The van der Waals surface area contributed by atoms with E-state index in [-0.39, 0.29) is 0 Å². The topological polar surface area (TPSA) is 50.9 Å². The van der Waals surface area contributed by atoms with Crippen molar-refractivity contribution in [3.63, 3.8) is 0 Å². The smallest absolute Gasteiger partial charge is 0.126 e. The van der Waals surface area contributed by atoms with Gasteiger partial charge in [-0.2, -0.15) is 0 Å². The minimum Gasteiger partial charge on any atom is -0.398 e. The highest BCUT2D eigenvalue weighted by Crippen LogP contribution is 2.20. The number of hydrogen-bond donors (Lipinski definition) is 2. The van der Waals surface area contributed by atoms with E-state index in [9.17, 15) is 0 Å². The molecule has 0 atom stereocenters. The highest BCUT2D eigenvalue weighted by Gasteiger charge is 1.98. The molecule has 3 N–H and O–H groups in total. The minimum absolute atomic E-state index is 0.771. The van der Waals surface area contributed by atoms with Crippen LogP contribution in [0, 0.1) is 0 Å². The SMILES string of the molecule is CNc1ccc2c(N)cccc2n1. The van der Waals surface area contributed by atoms with Crippen molar-refractivity contribution in [2.75, 3.05) is 18.1 Å². The molecular weight excluding hydrogens is 162 g/mol. The largest absolute Gasteiger partial charge is 0.398 e. The number of pyridine rings is 1. The van der Waals surface area contributed by atoms with Crippen molar-refractivity contribution in [1.29, 1.82) is 0 Å². The van der Waals surface area contributed by atoms with Crippen LogP contribution in [0.25, 0.3) is 10.9 Å². The Balaban J connectivity index is 2.72.